The third-order valence-corrected chi connectivity index (χ3v) is 6.02. The summed E-state index contributed by atoms with van der Waals surface area (Å²) in [5.41, 5.74) is 0.288. The molecule has 2 aliphatic rings. The zero-order chi connectivity index (χ0) is 19.0. The summed E-state index contributed by atoms with van der Waals surface area (Å²) in [6.07, 6.45) is 2.67. The number of carbonyl (C=O) groups is 2. The van der Waals surface area contributed by atoms with E-state index >= 15 is 0 Å². The maximum Gasteiger partial charge on any atom is 0.283 e. The van der Waals surface area contributed by atoms with Crippen LogP contribution < -0.4 is 0 Å². The van der Waals surface area contributed by atoms with E-state index in [1.807, 2.05) is 18.7 Å². The van der Waals surface area contributed by atoms with Gasteiger partial charge in [0.2, 0.25) is 5.91 Å². The second kappa shape index (κ2) is 7.26. The average molecular weight is 377 g/mol. The fraction of sp³-hybridized carbons (Fsp3) is 0.556. The Morgan fingerprint density at radius 2 is 2.04 bits per heavy atom. The van der Waals surface area contributed by atoms with Crippen LogP contribution in [0, 0.1) is 22.0 Å². The van der Waals surface area contributed by atoms with Gasteiger partial charge < -0.3 is 9.80 Å². The Kier molecular flexibility index (Phi) is 5.22. The van der Waals surface area contributed by atoms with Crippen molar-refractivity contribution in [3.8, 4) is 0 Å². The summed E-state index contributed by atoms with van der Waals surface area (Å²) >= 11 is 1.29. The summed E-state index contributed by atoms with van der Waals surface area (Å²) in [7, 11) is 0. The van der Waals surface area contributed by atoms with Gasteiger partial charge in [0.1, 0.15) is 0 Å². The van der Waals surface area contributed by atoms with Gasteiger partial charge in [-0.25, -0.2) is 0 Å². The summed E-state index contributed by atoms with van der Waals surface area (Å²) in [6, 6.07) is 4.70. The topological polar surface area (TPSA) is 83.8 Å². The molecule has 0 spiro atoms. The molecular weight excluding hydrogens is 354 g/mol. The van der Waals surface area contributed by atoms with Gasteiger partial charge in [-0.2, -0.15) is 0 Å². The number of fused-ring (bicyclic) bond motifs is 1. The lowest BCUT2D eigenvalue weighted by Crippen LogP contribution is -2.42. The minimum absolute atomic E-state index is 0.0423. The van der Waals surface area contributed by atoms with Crippen molar-refractivity contribution in [2.75, 3.05) is 25.9 Å². The lowest BCUT2D eigenvalue weighted by Gasteiger charge is -2.26. The minimum atomic E-state index is -0.454. The molecule has 2 amide bonds. The summed E-state index contributed by atoms with van der Waals surface area (Å²) in [5, 5.41) is 11.2. The molecule has 2 fully saturated rings. The molecule has 1 aromatic carbocycles. The Morgan fingerprint density at radius 3 is 2.65 bits per heavy atom. The molecule has 0 N–H and O–H groups in total. The molecule has 2 saturated heterocycles. The summed E-state index contributed by atoms with van der Waals surface area (Å²) in [6.45, 7) is 5.63. The first-order valence-electron chi connectivity index (χ1n) is 8.75. The second-order valence-electron chi connectivity index (χ2n) is 7.16. The largest absolute Gasteiger partial charge is 0.337 e. The number of likely N-dealkylation sites (tertiary alicyclic amines) is 2. The molecule has 8 heteroatoms. The first-order chi connectivity index (χ1) is 12.3. The molecule has 140 valence electrons. The zero-order valence-electron chi connectivity index (χ0n) is 15.2. The van der Waals surface area contributed by atoms with Crippen LogP contribution in [0.2, 0.25) is 0 Å². The summed E-state index contributed by atoms with van der Waals surface area (Å²) in [4.78, 5) is 40.2. The predicted octanol–water partition coefficient (Wildman–Crippen LogP) is 2.65. The predicted molar refractivity (Wildman–Crippen MR) is 99.2 cm³/mol. The van der Waals surface area contributed by atoms with Gasteiger partial charge in [-0.15, -0.1) is 11.8 Å². The molecule has 2 heterocycles. The van der Waals surface area contributed by atoms with Crippen molar-refractivity contribution in [2.45, 2.75) is 31.2 Å². The number of nitro groups is 1. The minimum Gasteiger partial charge on any atom is -0.337 e. The number of nitrogens with zero attached hydrogens (tertiary/aromatic N) is 3. The molecule has 2 atom stereocenters. The number of benzene rings is 1. The zero-order valence-corrected chi connectivity index (χ0v) is 16.0. The van der Waals surface area contributed by atoms with Gasteiger partial charge in [-0.3, -0.25) is 19.7 Å². The number of thioether (sulfide) groups is 1. The first kappa shape index (κ1) is 18.7. The highest BCUT2D eigenvalue weighted by molar-refractivity contribution is 7.98. The molecule has 0 aliphatic carbocycles. The van der Waals surface area contributed by atoms with Crippen LogP contribution in [-0.2, 0) is 4.79 Å². The normalized spacial score (nSPS) is 22.0. The van der Waals surface area contributed by atoms with Gasteiger partial charge >= 0.3 is 0 Å². The summed E-state index contributed by atoms with van der Waals surface area (Å²) in [5.74, 6) is 0.168. The molecule has 0 saturated carbocycles. The molecule has 0 unspecified atom stereocenters. The number of carbonyl (C=O) groups excluding carboxylic acids is 2. The Bertz CT molecular complexity index is 752. The molecule has 0 aromatic heterocycles. The van der Waals surface area contributed by atoms with E-state index in [4.69, 9.17) is 0 Å². The molecule has 3 rings (SSSR count). The molecule has 0 bridgehead atoms. The molecular formula is C18H23N3O4S. The quantitative estimate of drug-likeness (QED) is 0.458. The Hall–Kier alpha value is -2.09. The fourth-order valence-electron chi connectivity index (χ4n) is 3.88. The molecule has 0 radical (unpaired) electrons. The smallest absolute Gasteiger partial charge is 0.283 e. The maximum absolute atomic E-state index is 12.9. The number of hydrogen-bond donors (Lipinski definition) is 0. The van der Waals surface area contributed by atoms with Crippen LogP contribution >= 0.6 is 11.8 Å². The van der Waals surface area contributed by atoms with Crippen molar-refractivity contribution in [3.05, 3.63) is 33.9 Å². The van der Waals surface area contributed by atoms with E-state index in [-0.39, 0.29) is 29.5 Å². The van der Waals surface area contributed by atoms with Crippen molar-refractivity contribution in [1.29, 1.82) is 0 Å². The lowest BCUT2D eigenvalue weighted by atomic mass is 10.0. The van der Waals surface area contributed by atoms with Crippen LogP contribution in [0.4, 0.5) is 5.69 Å². The van der Waals surface area contributed by atoms with E-state index in [0.717, 1.165) is 13.0 Å². The van der Waals surface area contributed by atoms with Crippen LogP contribution in [0.1, 0.15) is 30.6 Å². The van der Waals surface area contributed by atoms with Crippen LogP contribution in [0.15, 0.2) is 23.1 Å². The highest BCUT2D eigenvalue weighted by atomic mass is 32.2. The van der Waals surface area contributed by atoms with E-state index in [9.17, 15) is 19.7 Å². The van der Waals surface area contributed by atoms with Crippen molar-refractivity contribution in [1.82, 2.24) is 9.80 Å². The van der Waals surface area contributed by atoms with Crippen molar-refractivity contribution in [3.63, 3.8) is 0 Å². The monoisotopic (exact) mass is 377 g/mol. The van der Waals surface area contributed by atoms with E-state index < -0.39 is 4.92 Å². The van der Waals surface area contributed by atoms with E-state index in [1.54, 1.807) is 23.3 Å². The van der Waals surface area contributed by atoms with Crippen LogP contribution in [0.5, 0.6) is 0 Å². The van der Waals surface area contributed by atoms with Gasteiger partial charge in [-0.1, -0.05) is 13.8 Å². The standard InChI is InChI=1S/C18H23N3O4S/c1-11(2)17(22)20-7-6-13-9-19(10-15(13)20)18(23)12-4-5-16(26-3)14(8-12)21(24)25/h4-5,8,11,13,15H,6-7,9-10H2,1-3H3/t13-,15+/m0/s1. The van der Waals surface area contributed by atoms with Gasteiger partial charge in [0.15, 0.2) is 0 Å². The number of nitro benzene ring substituents is 1. The first-order valence-corrected chi connectivity index (χ1v) is 9.98. The third kappa shape index (κ3) is 3.30. The number of rotatable bonds is 4. The SMILES string of the molecule is CSc1ccc(C(=O)N2C[C@@H]3CCN(C(=O)C(C)C)[C@@H]3C2)cc1[N+](=O)[O-]. The summed E-state index contributed by atoms with van der Waals surface area (Å²) < 4.78 is 0. The van der Waals surface area contributed by atoms with Crippen LogP contribution in [0.3, 0.4) is 0 Å². The van der Waals surface area contributed by atoms with Gasteiger partial charge in [0.05, 0.1) is 15.9 Å². The molecule has 1 aromatic rings. The van der Waals surface area contributed by atoms with Gasteiger partial charge in [-0.05, 0) is 24.8 Å². The molecule has 2 aliphatic heterocycles. The Morgan fingerprint density at radius 1 is 1.31 bits per heavy atom. The highest BCUT2D eigenvalue weighted by Gasteiger charge is 2.45. The number of hydrogen-bond acceptors (Lipinski definition) is 5. The van der Waals surface area contributed by atoms with Gasteiger partial charge in [0, 0.05) is 43.1 Å². The second-order valence-corrected chi connectivity index (χ2v) is 8.00. The Labute approximate surface area is 156 Å². The van der Waals surface area contributed by atoms with Crippen molar-refractivity contribution < 1.29 is 14.5 Å². The van der Waals surface area contributed by atoms with Crippen molar-refractivity contribution in [2.24, 2.45) is 11.8 Å². The van der Waals surface area contributed by atoms with E-state index in [1.165, 1.54) is 17.8 Å². The maximum atomic E-state index is 12.9. The van der Waals surface area contributed by atoms with E-state index in [2.05, 4.69) is 0 Å². The van der Waals surface area contributed by atoms with E-state index in [0.29, 0.717) is 29.5 Å². The highest BCUT2D eigenvalue weighted by Crippen LogP contribution is 2.34. The molecule has 7 nitrogen and oxygen atoms in total. The van der Waals surface area contributed by atoms with Crippen molar-refractivity contribution >= 4 is 29.3 Å². The van der Waals surface area contributed by atoms with Crippen LogP contribution in [0.25, 0.3) is 0 Å². The third-order valence-electron chi connectivity index (χ3n) is 5.23. The number of amides is 2. The molecule has 26 heavy (non-hydrogen) atoms. The lowest BCUT2D eigenvalue weighted by molar-refractivity contribution is -0.387. The van der Waals surface area contributed by atoms with Gasteiger partial charge in [0.25, 0.3) is 11.6 Å². The average Bonchev–Trinajstić information content (AvgIpc) is 3.20. The fourth-order valence-corrected chi connectivity index (χ4v) is 4.43. The Balaban J connectivity index is 1.77. The van der Waals surface area contributed by atoms with Crippen LogP contribution in [-0.4, -0.2) is 58.5 Å².